The molecule has 1 rings (SSSR count). The zero-order chi connectivity index (χ0) is 12.3. The molecule has 2 heteroatoms. The summed E-state index contributed by atoms with van der Waals surface area (Å²) in [6.45, 7) is 3.15. The van der Waals surface area contributed by atoms with Crippen molar-refractivity contribution < 1.29 is 5.11 Å². The van der Waals surface area contributed by atoms with Crippen molar-refractivity contribution in [1.29, 1.82) is 0 Å². The van der Waals surface area contributed by atoms with Gasteiger partial charge in [0.2, 0.25) is 0 Å². The summed E-state index contributed by atoms with van der Waals surface area (Å²) in [7, 11) is 0. The lowest BCUT2D eigenvalue weighted by molar-refractivity contribution is 0.475. The summed E-state index contributed by atoms with van der Waals surface area (Å²) in [6, 6.07) is 7.12. The molecule has 0 saturated carbocycles. The molecule has 17 heavy (non-hydrogen) atoms. The highest BCUT2D eigenvalue weighted by Crippen LogP contribution is 2.08. The fourth-order valence-corrected chi connectivity index (χ4v) is 1.71. The van der Waals surface area contributed by atoms with Crippen LogP contribution in [0, 0.1) is 0 Å². The van der Waals surface area contributed by atoms with E-state index in [0.29, 0.717) is 5.75 Å². The van der Waals surface area contributed by atoms with E-state index in [2.05, 4.69) is 11.9 Å². The molecule has 0 aromatic heterocycles. The number of nitrogens with zero attached hydrogens (tertiary/aromatic N) is 1. The van der Waals surface area contributed by atoms with Crippen molar-refractivity contribution in [2.24, 2.45) is 4.99 Å². The van der Waals surface area contributed by atoms with Crippen LogP contribution in [0.5, 0.6) is 5.75 Å². The minimum atomic E-state index is 0.304. The molecule has 2 nitrogen and oxygen atoms in total. The van der Waals surface area contributed by atoms with Gasteiger partial charge in [0.15, 0.2) is 0 Å². The number of phenolic OH excluding ortho intramolecular Hbond substituents is 1. The molecule has 0 aliphatic carbocycles. The van der Waals surface area contributed by atoms with Crippen LogP contribution >= 0.6 is 0 Å². The molecule has 94 valence electrons. The molecule has 0 unspecified atom stereocenters. The van der Waals surface area contributed by atoms with E-state index in [4.69, 9.17) is 5.11 Å². The predicted octanol–water partition coefficient (Wildman–Crippen LogP) is 4.17. The Morgan fingerprint density at radius 3 is 2.35 bits per heavy atom. The maximum atomic E-state index is 9.12. The number of aliphatic imine (C=N–C) groups is 1. The molecule has 0 atom stereocenters. The van der Waals surface area contributed by atoms with Crippen LogP contribution in [-0.4, -0.2) is 17.9 Å². The molecular weight excluding hydrogens is 210 g/mol. The van der Waals surface area contributed by atoms with Gasteiger partial charge in [-0.15, -0.1) is 0 Å². The van der Waals surface area contributed by atoms with Crippen LogP contribution in [-0.2, 0) is 0 Å². The first-order valence-electron chi connectivity index (χ1n) is 6.62. The maximum Gasteiger partial charge on any atom is 0.115 e. The molecule has 1 aromatic carbocycles. The third kappa shape index (κ3) is 6.77. The molecule has 0 amide bonds. The van der Waals surface area contributed by atoms with Crippen LogP contribution in [0.25, 0.3) is 0 Å². The Morgan fingerprint density at radius 1 is 1.00 bits per heavy atom. The van der Waals surface area contributed by atoms with E-state index in [9.17, 15) is 0 Å². The van der Waals surface area contributed by atoms with Crippen LogP contribution < -0.4 is 0 Å². The topological polar surface area (TPSA) is 32.6 Å². The van der Waals surface area contributed by atoms with Crippen molar-refractivity contribution in [3.05, 3.63) is 29.8 Å². The number of rotatable bonds is 8. The molecule has 0 aliphatic heterocycles. The highest BCUT2D eigenvalue weighted by atomic mass is 16.3. The van der Waals surface area contributed by atoms with Gasteiger partial charge in [-0.05, 0) is 36.2 Å². The molecule has 1 N–H and O–H groups in total. The monoisotopic (exact) mass is 233 g/mol. The van der Waals surface area contributed by atoms with E-state index in [0.717, 1.165) is 12.1 Å². The lowest BCUT2D eigenvalue weighted by Crippen LogP contribution is -1.85. The Morgan fingerprint density at radius 2 is 1.65 bits per heavy atom. The summed E-state index contributed by atoms with van der Waals surface area (Å²) in [5.74, 6) is 0.304. The zero-order valence-corrected chi connectivity index (χ0v) is 10.7. The average Bonchev–Trinajstić information content (AvgIpc) is 2.35. The van der Waals surface area contributed by atoms with Gasteiger partial charge in [0.05, 0.1) is 0 Å². The highest BCUT2D eigenvalue weighted by Gasteiger charge is 1.90. The van der Waals surface area contributed by atoms with Gasteiger partial charge in [-0.2, -0.15) is 0 Å². The van der Waals surface area contributed by atoms with E-state index in [1.807, 2.05) is 18.3 Å². The standard InChI is InChI=1S/C15H23NO/c1-2-3-4-5-6-7-12-16-13-14-8-10-15(17)11-9-14/h8-11,13,17H,2-7,12H2,1H3. The average molecular weight is 233 g/mol. The molecular formula is C15H23NO. The number of hydrogen-bond acceptors (Lipinski definition) is 2. The molecule has 0 saturated heterocycles. The summed E-state index contributed by atoms with van der Waals surface area (Å²) in [6.07, 6.45) is 9.70. The van der Waals surface area contributed by atoms with Crippen LogP contribution in [0.4, 0.5) is 0 Å². The Labute approximate surface area is 104 Å². The van der Waals surface area contributed by atoms with Crippen molar-refractivity contribution in [2.45, 2.75) is 45.4 Å². The fraction of sp³-hybridized carbons (Fsp3) is 0.533. The first kappa shape index (κ1) is 13.8. The number of phenols is 1. The highest BCUT2D eigenvalue weighted by molar-refractivity contribution is 5.79. The van der Waals surface area contributed by atoms with Crippen LogP contribution in [0.1, 0.15) is 51.0 Å². The number of benzene rings is 1. The molecule has 0 spiro atoms. The third-order valence-corrected chi connectivity index (χ3v) is 2.77. The van der Waals surface area contributed by atoms with E-state index in [-0.39, 0.29) is 0 Å². The zero-order valence-electron chi connectivity index (χ0n) is 10.7. The fourth-order valence-electron chi connectivity index (χ4n) is 1.71. The number of aromatic hydroxyl groups is 1. The van der Waals surface area contributed by atoms with Gasteiger partial charge >= 0.3 is 0 Å². The Kier molecular flexibility index (Phi) is 7.12. The predicted molar refractivity (Wildman–Crippen MR) is 73.9 cm³/mol. The second kappa shape index (κ2) is 8.80. The van der Waals surface area contributed by atoms with E-state index in [1.54, 1.807) is 12.1 Å². The SMILES string of the molecule is CCCCCCCCN=Cc1ccc(O)cc1. The minimum absolute atomic E-state index is 0.304. The number of hydrogen-bond donors (Lipinski definition) is 1. The smallest absolute Gasteiger partial charge is 0.115 e. The van der Waals surface area contributed by atoms with Crippen molar-refractivity contribution >= 4 is 6.21 Å². The van der Waals surface area contributed by atoms with Crippen LogP contribution in [0.15, 0.2) is 29.3 Å². The number of unbranched alkanes of at least 4 members (excludes halogenated alkanes) is 5. The van der Waals surface area contributed by atoms with Gasteiger partial charge in [-0.3, -0.25) is 4.99 Å². The van der Waals surface area contributed by atoms with Gasteiger partial charge < -0.3 is 5.11 Å². The van der Waals surface area contributed by atoms with Gasteiger partial charge in [0.25, 0.3) is 0 Å². The Hall–Kier alpha value is -1.31. The van der Waals surface area contributed by atoms with E-state index >= 15 is 0 Å². The Bertz CT molecular complexity index is 316. The molecule has 0 aliphatic rings. The van der Waals surface area contributed by atoms with Gasteiger partial charge in [-0.25, -0.2) is 0 Å². The second-order valence-electron chi connectivity index (χ2n) is 4.39. The van der Waals surface area contributed by atoms with Crippen LogP contribution in [0.2, 0.25) is 0 Å². The van der Waals surface area contributed by atoms with Crippen molar-refractivity contribution in [2.75, 3.05) is 6.54 Å². The molecule has 0 heterocycles. The normalized spacial score (nSPS) is 11.1. The third-order valence-electron chi connectivity index (χ3n) is 2.77. The quantitative estimate of drug-likeness (QED) is 0.530. The second-order valence-corrected chi connectivity index (χ2v) is 4.39. The van der Waals surface area contributed by atoms with Gasteiger partial charge in [0.1, 0.15) is 5.75 Å². The maximum absolute atomic E-state index is 9.12. The summed E-state index contributed by atoms with van der Waals surface area (Å²) >= 11 is 0. The summed E-state index contributed by atoms with van der Waals surface area (Å²) in [4.78, 5) is 4.38. The molecule has 1 aromatic rings. The van der Waals surface area contributed by atoms with Gasteiger partial charge in [0, 0.05) is 12.8 Å². The van der Waals surface area contributed by atoms with Gasteiger partial charge in [-0.1, -0.05) is 39.0 Å². The largest absolute Gasteiger partial charge is 0.508 e. The van der Waals surface area contributed by atoms with E-state index < -0.39 is 0 Å². The lowest BCUT2D eigenvalue weighted by Gasteiger charge is -1.98. The van der Waals surface area contributed by atoms with Crippen LogP contribution in [0.3, 0.4) is 0 Å². The van der Waals surface area contributed by atoms with E-state index in [1.165, 1.54) is 38.5 Å². The molecule has 0 radical (unpaired) electrons. The summed E-state index contributed by atoms with van der Waals surface area (Å²) < 4.78 is 0. The lowest BCUT2D eigenvalue weighted by atomic mass is 10.1. The minimum Gasteiger partial charge on any atom is -0.508 e. The summed E-state index contributed by atoms with van der Waals surface area (Å²) in [5.41, 5.74) is 1.05. The molecule has 0 fully saturated rings. The Balaban J connectivity index is 2.08. The first-order valence-corrected chi connectivity index (χ1v) is 6.62. The van der Waals surface area contributed by atoms with Crippen molar-refractivity contribution in [3.63, 3.8) is 0 Å². The summed E-state index contributed by atoms with van der Waals surface area (Å²) in [5, 5.41) is 9.12. The van der Waals surface area contributed by atoms with Crippen molar-refractivity contribution in [3.8, 4) is 5.75 Å². The first-order chi connectivity index (χ1) is 8.33. The molecule has 0 bridgehead atoms. The van der Waals surface area contributed by atoms with Crippen molar-refractivity contribution in [1.82, 2.24) is 0 Å².